The maximum atomic E-state index is 11.9. The second kappa shape index (κ2) is 7.87. The van der Waals surface area contributed by atoms with Crippen LogP contribution in [0.2, 0.25) is 0 Å². The number of benzene rings is 2. The lowest BCUT2D eigenvalue weighted by atomic mass is 9.98. The van der Waals surface area contributed by atoms with Gasteiger partial charge in [0.1, 0.15) is 6.61 Å². The molecule has 1 aliphatic rings. The first-order chi connectivity index (χ1) is 12.6. The Bertz CT molecular complexity index is 798. The summed E-state index contributed by atoms with van der Waals surface area (Å²) in [5, 5.41) is 11.4. The van der Waals surface area contributed by atoms with Crippen LogP contribution in [0.15, 0.2) is 60.7 Å². The summed E-state index contributed by atoms with van der Waals surface area (Å²) in [6.45, 7) is 4.07. The van der Waals surface area contributed by atoms with Crippen LogP contribution in [0.4, 0.5) is 4.79 Å². The number of carboxylic acid groups (broad SMARTS) is 1. The normalized spacial score (nSPS) is 12.2. The van der Waals surface area contributed by atoms with E-state index in [0.29, 0.717) is 19.4 Å². The number of carboxylic acids is 1. The fraction of sp³-hybridized carbons (Fsp3) is 0.238. The number of amides is 1. The second-order valence-corrected chi connectivity index (χ2v) is 6.26. The highest BCUT2D eigenvalue weighted by Crippen LogP contribution is 2.44. The number of ether oxygens (including phenoxy) is 1. The zero-order chi connectivity index (χ0) is 18.5. The fourth-order valence-corrected chi connectivity index (χ4v) is 3.25. The van der Waals surface area contributed by atoms with E-state index in [1.807, 2.05) is 24.3 Å². The number of carbonyl (C=O) groups is 2. The molecule has 2 aromatic carbocycles. The molecule has 1 aliphatic carbocycles. The molecule has 134 valence electrons. The summed E-state index contributed by atoms with van der Waals surface area (Å²) in [5.74, 6) is -0.980. The number of rotatable bonds is 7. The van der Waals surface area contributed by atoms with E-state index in [-0.39, 0.29) is 18.1 Å². The summed E-state index contributed by atoms with van der Waals surface area (Å²) >= 11 is 0. The van der Waals surface area contributed by atoms with Crippen molar-refractivity contribution in [2.75, 3.05) is 13.2 Å². The molecular formula is C21H21NO4. The van der Waals surface area contributed by atoms with Crippen molar-refractivity contribution in [3.8, 4) is 11.1 Å². The molecule has 1 amide bonds. The van der Waals surface area contributed by atoms with Crippen molar-refractivity contribution in [1.29, 1.82) is 0 Å². The van der Waals surface area contributed by atoms with Crippen molar-refractivity contribution in [3.63, 3.8) is 0 Å². The predicted molar refractivity (Wildman–Crippen MR) is 99.1 cm³/mol. The molecule has 0 saturated heterocycles. The maximum absolute atomic E-state index is 11.9. The molecule has 0 fully saturated rings. The third kappa shape index (κ3) is 3.77. The Morgan fingerprint density at radius 2 is 1.62 bits per heavy atom. The quantitative estimate of drug-likeness (QED) is 0.585. The van der Waals surface area contributed by atoms with Crippen LogP contribution in [0.3, 0.4) is 0 Å². The summed E-state index contributed by atoms with van der Waals surface area (Å²) in [6, 6.07) is 16.3. The minimum Gasteiger partial charge on any atom is -0.478 e. The van der Waals surface area contributed by atoms with Gasteiger partial charge in [-0.05, 0) is 35.1 Å². The van der Waals surface area contributed by atoms with Gasteiger partial charge in [-0.1, -0.05) is 55.1 Å². The van der Waals surface area contributed by atoms with Crippen molar-refractivity contribution in [3.05, 3.63) is 71.8 Å². The third-order valence-electron chi connectivity index (χ3n) is 4.57. The average Bonchev–Trinajstić information content (AvgIpc) is 2.97. The van der Waals surface area contributed by atoms with Crippen LogP contribution in [0, 0.1) is 0 Å². The molecule has 0 aliphatic heterocycles. The summed E-state index contributed by atoms with van der Waals surface area (Å²) in [6.07, 6.45) is 0.349. The number of aliphatic carboxylic acids is 1. The lowest BCUT2D eigenvalue weighted by Crippen LogP contribution is -2.27. The van der Waals surface area contributed by atoms with Gasteiger partial charge in [-0.3, -0.25) is 0 Å². The van der Waals surface area contributed by atoms with Gasteiger partial charge in [0.15, 0.2) is 0 Å². The van der Waals surface area contributed by atoms with Gasteiger partial charge in [0, 0.05) is 18.0 Å². The monoisotopic (exact) mass is 351 g/mol. The Balaban J connectivity index is 1.54. The first kappa shape index (κ1) is 17.7. The van der Waals surface area contributed by atoms with Crippen LogP contribution >= 0.6 is 0 Å². The van der Waals surface area contributed by atoms with Gasteiger partial charge < -0.3 is 15.2 Å². The Morgan fingerprint density at radius 3 is 2.19 bits per heavy atom. The standard InChI is InChI=1S/C21H21NO4/c1-14(20(23)24)7-6-12-22-21(25)26-13-19-17-10-4-2-8-15(17)16-9-3-5-11-18(16)19/h2-5,8-11,19H,1,6-7,12-13H2,(H,22,25)(H,23,24). The Labute approximate surface area is 152 Å². The van der Waals surface area contributed by atoms with E-state index >= 15 is 0 Å². The van der Waals surface area contributed by atoms with Crippen molar-refractivity contribution in [2.45, 2.75) is 18.8 Å². The molecule has 0 aromatic heterocycles. The summed E-state index contributed by atoms with van der Waals surface area (Å²) in [4.78, 5) is 22.6. The predicted octanol–water partition coefficient (Wildman–Crippen LogP) is 3.95. The lowest BCUT2D eigenvalue weighted by molar-refractivity contribution is -0.132. The average molecular weight is 351 g/mol. The topological polar surface area (TPSA) is 75.6 Å². The molecule has 0 heterocycles. The Morgan fingerprint density at radius 1 is 1.04 bits per heavy atom. The first-order valence-electron chi connectivity index (χ1n) is 8.58. The highest BCUT2D eigenvalue weighted by Gasteiger charge is 2.28. The molecule has 5 heteroatoms. The van der Waals surface area contributed by atoms with Gasteiger partial charge in [-0.2, -0.15) is 0 Å². The fourth-order valence-electron chi connectivity index (χ4n) is 3.25. The van der Waals surface area contributed by atoms with Crippen LogP contribution in [0.1, 0.15) is 29.9 Å². The van der Waals surface area contributed by atoms with E-state index in [9.17, 15) is 9.59 Å². The second-order valence-electron chi connectivity index (χ2n) is 6.26. The molecule has 0 bridgehead atoms. The number of hydrogen-bond acceptors (Lipinski definition) is 3. The van der Waals surface area contributed by atoms with Gasteiger partial charge in [0.05, 0.1) is 0 Å². The molecule has 5 nitrogen and oxygen atoms in total. The van der Waals surface area contributed by atoms with E-state index in [1.54, 1.807) is 0 Å². The van der Waals surface area contributed by atoms with Crippen molar-refractivity contribution in [2.24, 2.45) is 0 Å². The van der Waals surface area contributed by atoms with E-state index in [1.165, 1.54) is 22.3 Å². The molecule has 2 N–H and O–H groups in total. The molecule has 0 spiro atoms. The van der Waals surface area contributed by atoms with Crippen LogP contribution < -0.4 is 5.32 Å². The van der Waals surface area contributed by atoms with E-state index in [0.717, 1.165) is 0 Å². The number of alkyl carbamates (subject to hydrolysis) is 1. The zero-order valence-corrected chi connectivity index (χ0v) is 14.4. The lowest BCUT2D eigenvalue weighted by Gasteiger charge is -2.14. The molecular weight excluding hydrogens is 330 g/mol. The van der Waals surface area contributed by atoms with Crippen LogP contribution in [0.25, 0.3) is 11.1 Å². The highest BCUT2D eigenvalue weighted by atomic mass is 16.5. The van der Waals surface area contributed by atoms with Gasteiger partial charge in [0.25, 0.3) is 0 Å². The highest BCUT2D eigenvalue weighted by molar-refractivity contribution is 5.85. The molecule has 0 saturated carbocycles. The molecule has 0 radical (unpaired) electrons. The number of nitrogens with one attached hydrogen (secondary N) is 1. The minimum absolute atomic E-state index is 0.0277. The van der Waals surface area contributed by atoms with Crippen molar-refractivity contribution >= 4 is 12.1 Å². The van der Waals surface area contributed by atoms with Crippen LogP contribution in [0.5, 0.6) is 0 Å². The smallest absolute Gasteiger partial charge is 0.407 e. The summed E-state index contributed by atoms with van der Waals surface area (Å²) in [7, 11) is 0. The molecule has 0 unspecified atom stereocenters. The molecule has 3 rings (SSSR count). The first-order valence-corrected chi connectivity index (χ1v) is 8.58. The molecule has 26 heavy (non-hydrogen) atoms. The van der Waals surface area contributed by atoms with E-state index in [2.05, 4.69) is 36.2 Å². The van der Waals surface area contributed by atoms with Gasteiger partial charge in [0.2, 0.25) is 0 Å². The third-order valence-corrected chi connectivity index (χ3v) is 4.57. The summed E-state index contributed by atoms with van der Waals surface area (Å²) < 4.78 is 5.41. The van der Waals surface area contributed by atoms with Gasteiger partial charge in [-0.15, -0.1) is 0 Å². The largest absolute Gasteiger partial charge is 0.478 e. The number of hydrogen-bond donors (Lipinski definition) is 2. The van der Waals surface area contributed by atoms with E-state index < -0.39 is 12.1 Å². The molecule has 2 aromatic rings. The maximum Gasteiger partial charge on any atom is 0.407 e. The van der Waals surface area contributed by atoms with Gasteiger partial charge >= 0.3 is 12.1 Å². The molecule has 0 atom stereocenters. The zero-order valence-electron chi connectivity index (χ0n) is 14.4. The minimum atomic E-state index is -1.01. The number of carbonyl (C=O) groups excluding carboxylic acids is 1. The Kier molecular flexibility index (Phi) is 5.37. The van der Waals surface area contributed by atoms with E-state index in [4.69, 9.17) is 9.84 Å². The van der Waals surface area contributed by atoms with Crippen LogP contribution in [-0.4, -0.2) is 30.3 Å². The Hall–Kier alpha value is -3.08. The van der Waals surface area contributed by atoms with Crippen LogP contribution in [-0.2, 0) is 9.53 Å². The SMILES string of the molecule is C=C(CCCNC(=O)OCC1c2ccccc2-c2ccccc21)C(=O)O. The van der Waals surface area contributed by atoms with Crippen molar-refractivity contribution in [1.82, 2.24) is 5.32 Å². The summed E-state index contributed by atoms with van der Waals surface area (Å²) in [5.41, 5.74) is 4.84. The van der Waals surface area contributed by atoms with Gasteiger partial charge in [-0.25, -0.2) is 9.59 Å². The van der Waals surface area contributed by atoms with Crippen molar-refractivity contribution < 1.29 is 19.4 Å². The number of fused-ring (bicyclic) bond motifs is 3.